The summed E-state index contributed by atoms with van der Waals surface area (Å²) in [5, 5.41) is 2.28. The number of hydrogen-bond acceptors (Lipinski definition) is 1. The Bertz CT molecular complexity index is 350. The second kappa shape index (κ2) is 6.71. The summed E-state index contributed by atoms with van der Waals surface area (Å²) in [4.78, 5) is 0. The maximum atomic E-state index is 5.61. The summed E-state index contributed by atoms with van der Waals surface area (Å²) in [6.07, 6.45) is 1.76. The molecule has 0 saturated carbocycles. The topological polar surface area (TPSA) is 25.8 Å². The molecule has 0 atom stereocenters. The molecule has 1 aromatic rings. The van der Waals surface area contributed by atoms with E-state index in [1.165, 1.54) is 5.56 Å². The Labute approximate surface area is 106 Å². The first-order chi connectivity index (χ1) is 7.63. The zero-order chi connectivity index (χ0) is 12.0. The molecule has 88 valence electrons. The van der Waals surface area contributed by atoms with Gasteiger partial charge in [-0.1, -0.05) is 28.6 Å². The molecule has 0 unspecified atom stereocenters. The summed E-state index contributed by atoms with van der Waals surface area (Å²) in [6.45, 7) is 9.51. The first kappa shape index (κ1) is 13.3. The number of rotatable bonds is 6. The molecule has 0 amide bonds. The van der Waals surface area contributed by atoms with E-state index < -0.39 is 0 Å². The van der Waals surface area contributed by atoms with E-state index in [0.29, 0.717) is 12.6 Å². The van der Waals surface area contributed by atoms with Crippen molar-refractivity contribution in [3.05, 3.63) is 40.9 Å². The van der Waals surface area contributed by atoms with Crippen LogP contribution < -0.4 is 10.1 Å². The van der Waals surface area contributed by atoms with Crippen LogP contribution in [0.15, 0.2) is 35.3 Å². The lowest BCUT2D eigenvalue weighted by atomic mass is 10.2. The lowest BCUT2D eigenvalue weighted by Gasteiger charge is -2.11. The van der Waals surface area contributed by atoms with Crippen LogP contribution in [-0.4, -0.2) is 12.6 Å². The summed E-state index contributed by atoms with van der Waals surface area (Å²) in [5.41, 5.74) is 1.21. The average Bonchev–Trinajstić information content (AvgIpc) is 2.25. The predicted molar refractivity (Wildman–Crippen MR) is 70.6 cm³/mol. The van der Waals surface area contributed by atoms with Crippen LogP contribution in [0.4, 0.5) is 0 Å². The van der Waals surface area contributed by atoms with Crippen LogP contribution in [0.25, 0.3) is 0 Å². The van der Waals surface area contributed by atoms with E-state index in [9.17, 15) is 0 Å². The van der Waals surface area contributed by atoms with Crippen LogP contribution in [0.3, 0.4) is 0 Å². The molecule has 1 aromatic carbocycles. The minimum Gasteiger partial charge on any atom is -0.489 e. The van der Waals surface area contributed by atoms with Gasteiger partial charge in [0.25, 0.3) is 0 Å². The van der Waals surface area contributed by atoms with Crippen molar-refractivity contribution in [2.24, 2.45) is 0 Å². The average molecular weight is 285 g/mol. The van der Waals surface area contributed by atoms with Gasteiger partial charge in [0.05, 0.1) is 6.04 Å². The normalized spacial score (nSPS) is 10.5. The Morgan fingerprint density at radius 3 is 2.88 bits per heavy atom. The monoisotopic (exact) mass is 284 g/mol. The lowest BCUT2D eigenvalue weighted by Crippen LogP contribution is -2.86. The second-order valence-corrected chi connectivity index (χ2v) is 4.95. The molecule has 0 saturated heterocycles. The third kappa shape index (κ3) is 4.37. The van der Waals surface area contributed by atoms with Gasteiger partial charge in [0.1, 0.15) is 18.9 Å². The molecule has 0 aromatic heterocycles. The van der Waals surface area contributed by atoms with Gasteiger partial charge in [-0.2, -0.15) is 0 Å². The summed E-state index contributed by atoms with van der Waals surface area (Å²) >= 11 is 3.48. The van der Waals surface area contributed by atoms with Crippen LogP contribution in [-0.2, 0) is 6.54 Å². The molecule has 1 rings (SSSR count). The standard InChI is InChI=1S/C13H18BrNO/c1-4-7-16-13-6-5-12(14)8-11(13)9-15-10(2)3/h4-6,8,10,15H,1,7,9H2,2-3H3/p+1. The Kier molecular flexibility index (Phi) is 5.56. The molecule has 0 fully saturated rings. The van der Waals surface area contributed by atoms with Crippen molar-refractivity contribution in [3.8, 4) is 5.75 Å². The first-order valence-electron chi connectivity index (χ1n) is 5.49. The Morgan fingerprint density at radius 2 is 2.25 bits per heavy atom. The van der Waals surface area contributed by atoms with Gasteiger partial charge in [-0.3, -0.25) is 0 Å². The van der Waals surface area contributed by atoms with E-state index in [2.05, 4.69) is 47.7 Å². The van der Waals surface area contributed by atoms with Crippen molar-refractivity contribution in [2.75, 3.05) is 6.61 Å². The molecule has 0 aliphatic heterocycles. The highest BCUT2D eigenvalue weighted by Crippen LogP contribution is 2.22. The summed E-state index contributed by atoms with van der Waals surface area (Å²) in [6, 6.07) is 6.69. The Morgan fingerprint density at radius 1 is 1.50 bits per heavy atom. The van der Waals surface area contributed by atoms with Crippen LogP contribution in [0.1, 0.15) is 19.4 Å². The fraction of sp³-hybridized carbons (Fsp3) is 0.385. The van der Waals surface area contributed by atoms with Gasteiger partial charge in [-0.15, -0.1) is 0 Å². The third-order valence-corrected chi connectivity index (χ3v) is 2.68. The fourth-order valence-corrected chi connectivity index (χ4v) is 1.77. The highest BCUT2D eigenvalue weighted by Gasteiger charge is 2.07. The lowest BCUT2D eigenvalue weighted by molar-refractivity contribution is -0.698. The zero-order valence-corrected chi connectivity index (χ0v) is 11.5. The molecule has 2 N–H and O–H groups in total. The van der Waals surface area contributed by atoms with E-state index >= 15 is 0 Å². The van der Waals surface area contributed by atoms with E-state index in [4.69, 9.17) is 4.74 Å². The molecule has 3 heteroatoms. The molecule has 2 nitrogen and oxygen atoms in total. The molecular weight excluding hydrogens is 266 g/mol. The smallest absolute Gasteiger partial charge is 0.128 e. The number of nitrogens with two attached hydrogens (primary N) is 1. The van der Waals surface area contributed by atoms with Crippen molar-refractivity contribution < 1.29 is 10.1 Å². The van der Waals surface area contributed by atoms with Gasteiger partial charge in [-0.05, 0) is 32.0 Å². The van der Waals surface area contributed by atoms with Gasteiger partial charge >= 0.3 is 0 Å². The van der Waals surface area contributed by atoms with E-state index in [1.54, 1.807) is 6.08 Å². The molecule has 0 spiro atoms. The fourth-order valence-electron chi connectivity index (χ4n) is 1.36. The summed E-state index contributed by atoms with van der Waals surface area (Å²) < 4.78 is 6.70. The van der Waals surface area contributed by atoms with Crippen LogP contribution >= 0.6 is 15.9 Å². The molecule has 0 aliphatic rings. The predicted octanol–water partition coefficient (Wildman–Crippen LogP) is 2.49. The first-order valence-corrected chi connectivity index (χ1v) is 6.28. The summed E-state index contributed by atoms with van der Waals surface area (Å²) in [5.74, 6) is 0.944. The number of halogens is 1. The van der Waals surface area contributed by atoms with Crippen molar-refractivity contribution >= 4 is 15.9 Å². The van der Waals surface area contributed by atoms with Crippen LogP contribution in [0.5, 0.6) is 5.75 Å². The van der Waals surface area contributed by atoms with Crippen molar-refractivity contribution in [2.45, 2.75) is 26.4 Å². The van der Waals surface area contributed by atoms with Gasteiger partial charge in [0.15, 0.2) is 0 Å². The van der Waals surface area contributed by atoms with Gasteiger partial charge in [0, 0.05) is 10.0 Å². The largest absolute Gasteiger partial charge is 0.489 e. The van der Waals surface area contributed by atoms with Crippen LogP contribution in [0, 0.1) is 0 Å². The minimum absolute atomic E-state index is 0.552. The number of hydrogen-bond donors (Lipinski definition) is 1. The molecular formula is C13H19BrNO+. The van der Waals surface area contributed by atoms with Crippen molar-refractivity contribution in [3.63, 3.8) is 0 Å². The maximum Gasteiger partial charge on any atom is 0.128 e. The molecule has 0 radical (unpaired) electrons. The number of benzene rings is 1. The SMILES string of the molecule is C=CCOc1ccc(Br)cc1C[NH2+]C(C)C. The third-order valence-electron chi connectivity index (χ3n) is 2.19. The molecule has 16 heavy (non-hydrogen) atoms. The van der Waals surface area contributed by atoms with E-state index in [-0.39, 0.29) is 0 Å². The molecule has 0 bridgehead atoms. The Balaban J connectivity index is 2.76. The number of quaternary nitrogens is 1. The van der Waals surface area contributed by atoms with Gasteiger partial charge < -0.3 is 10.1 Å². The zero-order valence-electron chi connectivity index (χ0n) is 9.87. The van der Waals surface area contributed by atoms with Crippen molar-refractivity contribution in [1.82, 2.24) is 0 Å². The highest BCUT2D eigenvalue weighted by molar-refractivity contribution is 9.10. The quantitative estimate of drug-likeness (QED) is 0.798. The van der Waals surface area contributed by atoms with Gasteiger partial charge in [-0.25, -0.2) is 0 Å². The van der Waals surface area contributed by atoms with Crippen LogP contribution in [0.2, 0.25) is 0 Å². The summed E-state index contributed by atoms with van der Waals surface area (Å²) in [7, 11) is 0. The number of ether oxygens (including phenoxy) is 1. The Hall–Kier alpha value is -0.800. The van der Waals surface area contributed by atoms with Crippen molar-refractivity contribution in [1.29, 1.82) is 0 Å². The molecule has 0 heterocycles. The molecule has 0 aliphatic carbocycles. The van der Waals surface area contributed by atoms with E-state index in [1.807, 2.05) is 12.1 Å². The maximum absolute atomic E-state index is 5.61. The van der Waals surface area contributed by atoms with E-state index in [0.717, 1.165) is 16.8 Å². The van der Waals surface area contributed by atoms with Gasteiger partial charge in [0.2, 0.25) is 0 Å². The minimum atomic E-state index is 0.552. The second-order valence-electron chi connectivity index (χ2n) is 4.04. The highest BCUT2D eigenvalue weighted by atomic mass is 79.9.